The van der Waals surface area contributed by atoms with Crippen LogP contribution in [0.5, 0.6) is 0 Å². The van der Waals surface area contributed by atoms with E-state index in [1.165, 1.54) is 50.0 Å². The second-order valence-electron chi connectivity index (χ2n) is 6.45. The van der Waals surface area contributed by atoms with Crippen LogP contribution in [0.1, 0.15) is 52.4 Å². The zero-order chi connectivity index (χ0) is 12.4. The van der Waals surface area contributed by atoms with Crippen molar-refractivity contribution < 1.29 is 0 Å². The summed E-state index contributed by atoms with van der Waals surface area (Å²) in [5.41, 5.74) is 6.66. The molecule has 3 N–H and O–H groups in total. The van der Waals surface area contributed by atoms with E-state index in [1.54, 1.807) is 0 Å². The lowest BCUT2D eigenvalue weighted by atomic mass is 9.70. The van der Waals surface area contributed by atoms with Crippen LogP contribution in [-0.4, -0.2) is 29.6 Å². The van der Waals surface area contributed by atoms with E-state index in [1.807, 2.05) is 0 Å². The first-order valence-electron chi connectivity index (χ1n) is 7.15. The minimum Gasteiger partial charge on any atom is -0.329 e. The van der Waals surface area contributed by atoms with E-state index >= 15 is 0 Å². The first-order chi connectivity index (χ1) is 8.10. The molecule has 1 aliphatic carbocycles. The van der Waals surface area contributed by atoms with Crippen molar-refractivity contribution in [1.29, 1.82) is 0 Å². The van der Waals surface area contributed by atoms with Gasteiger partial charge < -0.3 is 11.1 Å². The van der Waals surface area contributed by atoms with Crippen molar-refractivity contribution in [1.82, 2.24) is 5.32 Å². The maximum atomic E-state index is 6.16. The average Bonchev–Trinajstić information content (AvgIpc) is 2.33. The third-order valence-electron chi connectivity index (χ3n) is 4.95. The Hall–Kier alpha value is 0.270. The van der Waals surface area contributed by atoms with Crippen LogP contribution >= 0.6 is 11.8 Å². The molecule has 0 spiro atoms. The molecule has 3 heteroatoms. The Balaban J connectivity index is 2.06. The predicted octanol–water partition coefficient (Wildman–Crippen LogP) is 2.77. The van der Waals surface area contributed by atoms with Gasteiger partial charge in [-0.25, -0.2) is 0 Å². The maximum Gasteiger partial charge on any atom is 0.0449 e. The number of nitrogens with two attached hydrogens (primary N) is 1. The smallest absolute Gasteiger partial charge is 0.0449 e. The Labute approximate surface area is 110 Å². The summed E-state index contributed by atoms with van der Waals surface area (Å²) in [6, 6.07) is 0.713. The first-order valence-corrected chi connectivity index (χ1v) is 8.31. The molecule has 1 heterocycles. The van der Waals surface area contributed by atoms with Crippen LogP contribution < -0.4 is 11.1 Å². The molecule has 1 aliphatic heterocycles. The molecule has 1 saturated carbocycles. The molecule has 0 radical (unpaired) electrons. The van der Waals surface area contributed by atoms with E-state index in [0.717, 1.165) is 6.54 Å². The number of rotatable bonds is 3. The molecule has 2 rings (SSSR count). The molecule has 0 aromatic rings. The highest BCUT2D eigenvalue weighted by Crippen LogP contribution is 2.42. The van der Waals surface area contributed by atoms with Crippen LogP contribution in [-0.2, 0) is 0 Å². The first kappa shape index (κ1) is 13.7. The third-order valence-corrected chi connectivity index (χ3v) is 6.14. The second kappa shape index (κ2) is 5.50. The summed E-state index contributed by atoms with van der Waals surface area (Å²) in [5, 5.41) is 3.97. The normalized spacial score (nSPS) is 34.8. The predicted molar refractivity (Wildman–Crippen MR) is 77.5 cm³/mol. The van der Waals surface area contributed by atoms with Gasteiger partial charge in [0.1, 0.15) is 0 Å². The fourth-order valence-corrected chi connectivity index (χ4v) is 5.02. The van der Waals surface area contributed by atoms with Crippen molar-refractivity contribution >= 4 is 11.8 Å². The van der Waals surface area contributed by atoms with Gasteiger partial charge in [-0.1, -0.05) is 33.1 Å². The van der Waals surface area contributed by atoms with Gasteiger partial charge in [0.2, 0.25) is 0 Å². The highest BCUT2D eigenvalue weighted by molar-refractivity contribution is 7.99. The molecule has 17 heavy (non-hydrogen) atoms. The van der Waals surface area contributed by atoms with Crippen LogP contribution in [0, 0.1) is 5.41 Å². The zero-order valence-corrected chi connectivity index (χ0v) is 12.2. The SMILES string of the molecule is CC1(C)CCSCC1(CN)NC1CCCCC1. The van der Waals surface area contributed by atoms with Crippen molar-refractivity contribution in [2.45, 2.75) is 64.0 Å². The van der Waals surface area contributed by atoms with Crippen LogP contribution in [0.2, 0.25) is 0 Å². The van der Waals surface area contributed by atoms with Crippen molar-refractivity contribution in [3.05, 3.63) is 0 Å². The average molecular weight is 256 g/mol. The van der Waals surface area contributed by atoms with Gasteiger partial charge in [0.15, 0.2) is 0 Å². The summed E-state index contributed by atoms with van der Waals surface area (Å²) in [6.07, 6.45) is 8.20. The van der Waals surface area contributed by atoms with E-state index in [2.05, 4.69) is 30.9 Å². The van der Waals surface area contributed by atoms with Crippen LogP contribution in [0.4, 0.5) is 0 Å². The van der Waals surface area contributed by atoms with Crippen molar-refractivity contribution in [3.8, 4) is 0 Å². The summed E-state index contributed by atoms with van der Waals surface area (Å²) < 4.78 is 0. The van der Waals surface area contributed by atoms with Gasteiger partial charge in [0.05, 0.1) is 0 Å². The Kier molecular flexibility index (Phi) is 4.43. The lowest BCUT2D eigenvalue weighted by Gasteiger charge is -2.52. The van der Waals surface area contributed by atoms with Gasteiger partial charge in [0, 0.05) is 23.9 Å². The Bertz CT molecular complexity index is 249. The van der Waals surface area contributed by atoms with E-state index in [4.69, 9.17) is 5.73 Å². The summed E-state index contributed by atoms with van der Waals surface area (Å²) in [5.74, 6) is 2.48. The molecule has 0 aromatic carbocycles. The van der Waals surface area contributed by atoms with E-state index < -0.39 is 0 Å². The molecule has 2 nitrogen and oxygen atoms in total. The van der Waals surface area contributed by atoms with Crippen LogP contribution in [0.3, 0.4) is 0 Å². The fraction of sp³-hybridized carbons (Fsp3) is 1.00. The molecule has 2 aliphatic rings. The largest absolute Gasteiger partial charge is 0.329 e. The standard InChI is InChI=1S/C14H28N2S/c1-13(2)8-9-17-11-14(13,10-15)16-12-6-4-3-5-7-12/h12,16H,3-11,15H2,1-2H3. The fourth-order valence-electron chi connectivity index (χ4n) is 3.28. The zero-order valence-electron chi connectivity index (χ0n) is 11.4. The van der Waals surface area contributed by atoms with Gasteiger partial charge in [-0.2, -0.15) is 11.8 Å². The molecular formula is C14H28N2S. The molecule has 2 fully saturated rings. The number of thioether (sulfide) groups is 1. The number of nitrogens with one attached hydrogen (secondary N) is 1. The molecule has 1 atom stereocenters. The third kappa shape index (κ3) is 2.82. The molecule has 100 valence electrons. The summed E-state index contributed by atoms with van der Waals surface area (Å²) >= 11 is 2.07. The van der Waals surface area contributed by atoms with Crippen molar-refractivity contribution in [2.75, 3.05) is 18.1 Å². The van der Waals surface area contributed by atoms with Crippen LogP contribution in [0.25, 0.3) is 0 Å². The molecular weight excluding hydrogens is 228 g/mol. The molecule has 0 amide bonds. The minimum absolute atomic E-state index is 0.165. The van der Waals surface area contributed by atoms with Gasteiger partial charge in [-0.3, -0.25) is 0 Å². The van der Waals surface area contributed by atoms with Gasteiger partial charge >= 0.3 is 0 Å². The van der Waals surface area contributed by atoms with Gasteiger partial charge in [-0.15, -0.1) is 0 Å². The number of hydrogen-bond acceptors (Lipinski definition) is 3. The van der Waals surface area contributed by atoms with Crippen LogP contribution in [0.15, 0.2) is 0 Å². The Morgan fingerprint density at radius 3 is 2.53 bits per heavy atom. The Morgan fingerprint density at radius 1 is 1.24 bits per heavy atom. The molecule has 1 saturated heterocycles. The van der Waals surface area contributed by atoms with Crippen molar-refractivity contribution in [2.24, 2.45) is 11.1 Å². The second-order valence-corrected chi connectivity index (χ2v) is 7.56. The minimum atomic E-state index is 0.165. The lowest BCUT2D eigenvalue weighted by molar-refractivity contribution is 0.113. The van der Waals surface area contributed by atoms with E-state index in [0.29, 0.717) is 11.5 Å². The van der Waals surface area contributed by atoms with E-state index in [9.17, 15) is 0 Å². The van der Waals surface area contributed by atoms with E-state index in [-0.39, 0.29) is 5.54 Å². The highest BCUT2D eigenvalue weighted by atomic mass is 32.2. The molecule has 1 unspecified atom stereocenters. The topological polar surface area (TPSA) is 38.0 Å². The Morgan fingerprint density at radius 2 is 1.94 bits per heavy atom. The van der Waals surface area contributed by atoms with Gasteiger partial charge in [0.25, 0.3) is 0 Å². The highest BCUT2D eigenvalue weighted by Gasteiger charge is 2.46. The quantitative estimate of drug-likeness (QED) is 0.815. The molecule has 0 aromatic heterocycles. The number of hydrogen-bond donors (Lipinski definition) is 2. The lowest BCUT2D eigenvalue weighted by Crippen LogP contribution is -2.66. The van der Waals surface area contributed by atoms with Crippen molar-refractivity contribution in [3.63, 3.8) is 0 Å². The summed E-state index contributed by atoms with van der Waals surface area (Å²) in [4.78, 5) is 0. The monoisotopic (exact) mass is 256 g/mol. The summed E-state index contributed by atoms with van der Waals surface area (Å²) in [7, 11) is 0. The van der Waals surface area contributed by atoms with Gasteiger partial charge in [-0.05, 0) is 30.4 Å². The summed E-state index contributed by atoms with van der Waals surface area (Å²) in [6.45, 7) is 5.58. The maximum absolute atomic E-state index is 6.16. The molecule has 0 bridgehead atoms.